The monoisotopic (exact) mass is 250 g/mol. The number of aromatic nitrogens is 1. The van der Waals surface area contributed by atoms with Gasteiger partial charge >= 0.3 is 0 Å². The summed E-state index contributed by atoms with van der Waals surface area (Å²) in [5, 5.41) is 3.36. The lowest BCUT2D eigenvalue weighted by Crippen LogP contribution is -2.20. The third-order valence-electron chi connectivity index (χ3n) is 2.70. The fraction of sp³-hybridized carbons (Fsp3) is 0.308. The van der Waals surface area contributed by atoms with Crippen molar-refractivity contribution in [3.8, 4) is 0 Å². The smallest absolute Gasteiger partial charge is 0.127 e. The zero-order chi connectivity index (χ0) is 12.1. The molecule has 0 saturated carbocycles. The van der Waals surface area contributed by atoms with Gasteiger partial charge in [-0.05, 0) is 12.5 Å². The molecule has 0 aliphatic rings. The van der Waals surface area contributed by atoms with Crippen LogP contribution in [0.4, 0.5) is 4.39 Å². The van der Waals surface area contributed by atoms with Crippen LogP contribution in [0, 0.1) is 5.82 Å². The summed E-state index contributed by atoms with van der Waals surface area (Å²) in [6.45, 7) is 2.79. The van der Waals surface area contributed by atoms with Gasteiger partial charge in [-0.1, -0.05) is 25.1 Å². The minimum absolute atomic E-state index is 0.0540. The van der Waals surface area contributed by atoms with E-state index < -0.39 is 0 Å². The molecule has 0 aliphatic heterocycles. The van der Waals surface area contributed by atoms with Gasteiger partial charge in [0.05, 0.1) is 5.51 Å². The van der Waals surface area contributed by atoms with Crippen molar-refractivity contribution in [3.05, 3.63) is 52.2 Å². The Morgan fingerprint density at radius 3 is 2.88 bits per heavy atom. The fourth-order valence-corrected chi connectivity index (χ4v) is 2.33. The number of hydrogen-bond acceptors (Lipinski definition) is 3. The Bertz CT molecular complexity index is 456. The van der Waals surface area contributed by atoms with Crippen LogP contribution >= 0.6 is 11.3 Å². The Kier molecular flexibility index (Phi) is 4.23. The third kappa shape index (κ3) is 3.11. The fourth-order valence-electron chi connectivity index (χ4n) is 1.79. The Labute approximate surface area is 105 Å². The number of rotatable bonds is 5. The van der Waals surface area contributed by atoms with Crippen LogP contribution in [0.15, 0.2) is 36.0 Å². The Morgan fingerprint density at radius 1 is 1.41 bits per heavy atom. The van der Waals surface area contributed by atoms with Crippen molar-refractivity contribution in [2.75, 3.05) is 0 Å². The lowest BCUT2D eigenvalue weighted by atomic mass is 10.0. The van der Waals surface area contributed by atoms with E-state index in [0.29, 0.717) is 0 Å². The summed E-state index contributed by atoms with van der Waals surface area (Å²) in [5.41, 5.74) is 2.54. The summed E-state index contributed by atoms with van der Waals surface area (Å²) >= 11 is 1.61. The van der Waals surface area contributed by atoms with Gasteiger partial charge in [0.25, 0.3) is 0 Å². The van der Waals surface area contributed by atoms with Gasteiger partial charge in [-0.15, -0.1) is 11.3 Å². The second kappa shape index (κ2) is 5.89. The SMILES string of the molecule is CCC(NCc1cncs1)c1ccccc1F. The number of nitrogens with one attached hydrogen (secondary N) is 1. The highest BCUT2D eigenvalue weighted by atomic mass is 32.1. The molecule has 4 heteroatoms. The van der Waals surface area contributed by atoms with E-state index in [1.54, 1.807) is 22.9 Å². The molecule has 0 amide bonds. The first-order valence-electron chi connectivity index (χ1n) is 5.66. The molecule has 0 bridgehead atoms. The molecule has 0 fully saturated rings. The topological polar surface area (TPSA) is 24.9 Å². The van der Waals surface area contributed by atoms with Gasteiger partial charge in [-0.2, -0.15) is 0 Å². The van der Waals surface area contributed by atoms with Crippen LogP contribution < -0.4 is 5.32 Å². The summed E-state index contributed by atoms with van der Waals surface area (Å²) in [5.74, 6) is -0.142. The average Bonchev–Trinajstić information content (AvgIpc) is 2.85. The van der Waals surface area contributed by atoms with E-state index >= 15 is 0 Å². The van der Waals surface area contributed by atoms with Crippen molar-refractivity contribution in [2.24, 2.45) is 0 Å². The second-order valence-electron chi connectivity index (χ2n) is 3.83. The van der Waals surface area contributed by atoms with Crippen molar-refractivity contribution in [1.29, 1.82) is 0 Å². The molecule has 1 heterocycles. The zero-order valence-electron chi connectivity index (χ0n) is 9.69. The van der Waals surface area contributed by atoms with Crippen molar-refractivity contribution in [3.63, 3.8) is 0 Å². The normalized spacial score (nSPS) is 12.6. The standard InChI is InChI=1S/C13H15FN2S/c1-2-13(11-5-3-4-6-12(11)14)16-8-10-7-15-9-17-10/h3-7,9,13,16H,2,8H2,1H3. The molecular formula is C13H15FN2S. The van der Waals surface area contributed by atoms with Crippen LogP contribution in [-0.4, -0.2) is 4.98 Å². The maximum Gasteiger partial charge on any atom is 0.127 e. The first-order valence-corrected chi connectivity index (χ1v) is 6.54. The van der Waals surface area contributed by atoms with Crippen LogP contribution in [-0.2, 0) is 6.54 Å². The van der Waals surface area contributed by atoms with Crippen molar-refractivity contribution < 1.29 is 4.39 Å². The highest BCUT2D eigenvalue weighted by Gasteiger charge is 2.12. The van der Waals surface area contributed by atoms with Gasteiger partial charge in [0.1, 0.15) is 5.82 Å². The Hall–Kier alpha value is -1.26. The first-order chi connectivity index (χ1) is 8.31. The highest BCUT2D eigenvalue weighted by Crippen LogP contribution is 2.20. The number of thiazole rings is 1. The second-order valence-corrected chi connectivity index (χ2v) is 4.80. The molecule has 2 nitrogen and oxygen atoms in total. The van der Waals surface area contributed by atoms with Crippen LogP contribution in [0.2, 0.25) is 0 Å². The Balaban J connectivity index is 2.04. The highest BCUT2D eigenvalue weighted by molar-refractivity contribution is 7.09. The first kappa shape index (κ1) is 12.2. The zero-order valence-corrected chi connectivity index (χ0v) is 10.5. The molecule has 1 aromatic carbocycles. The van der Waals surface area contributed by atoms with E-state index in [4.69, 9.17) is 0 Å². The van der Waals surface area contributed by atoms with Gasteiger partial charge in [0.15, 0.2) is 0 Å². The molecule has 2 rings (SSSR count). The summed E-state index contributed by atoms with van der Waals surface area (Å²) in [6, 6.07) is 6.98. The van der Waals surface area contributed by atoms with E-state index in [1.165, 1.54) is 10.9 Å². The van der Waals surface area contributed by atoms with E-state index in [-0.39, 0.29) is 11.9 Å². The third-order valence-corrected chi connectivity index (χ3v) is 3.47. The average molecular weight is 250 g/mol. The van der Waals surface area contributed by atoms with Crippen molar-refractivity contribution >= 4 is 11.3 Å². The molecule has 17 heavy (non-hydrogen) atoms. The lowest BCUT2D eigenvalue weighted by Gasteiger charge is -2.17. The number of benzene rings is 1. The molecule has 0 radical (unpaired) electrons. The molecule has 0 spiro atoms. The lowest BCUT2D eigenvalue weighted by molar-refractivity contribution is 0.490. The molecule has 1 atom stereocenters. The van der Waals surface area contributed by atoms with Crippen LogP contribution in [0.3, 0.4) is 0 Å². The molecule has 2 aromatic rings. The maximum absolute atomic E-state index is 13.6. The van der Waals surface area contributed by atoms with Crippen molar-refractivity contribution in [2.45, 2.75) is 25.9 Å². The molecule has 0 aliphatic carbocycles. The molecule has 0 saturated heterocycles. The van der Waals surface area contributed by atoms with Gasteiger partial charge in [-0.3, -0.25) is 4.98 Å². The number of nitrogens with zero attached hydrogens (tertiary/aromatic N) is 1. The van der Waals surface area contributed by atoms with Gasteiger partial charge in [0.2, 0.25) is 0 Å². The van der Waals surface area contributed by atoms with E-state index in [1.807, 2.05) is 18.3 Å². The van der Waals surface area contributed by atoms with E-state index in [9.17, 15) is 4.39 Å². The summed E-state index contributed by atoms with van der Waals surface area (Å²) in [6.07, 6.45) is 2.70. The Morgan fingerprint density at radius 2 is 2.24 bits per heavy atom. The summed E-state index contributed by atoms with van der Waals surface area (Å²) in [4.78, 5) is 5.19. The summed E-state index contributed by atoms with van der Waals surface area (Å²) in [7, 11) is 0. The van der Waals surface area contributed by atoms with Crippen molar-refractivity contribution in [1.82, 2.24) is 10.3 Å². The number of hydrogen-bond donors (Lipinski definition) is 1. The largest absolute Gasteiger partial charge is 0.305 e. The van der Waals surface area contributed by atoms with Crippen LogP contribution in [0.25, 0.3) is 0 Å². The molecule has 1 aromatic heterocycles. The van der Waals surface area contributed by atoms with Crippen LogP contribution in [0.5, 0.6) is 0 Å². The quantitative estimate of drug-likeness (QED) is 0.878. The predicted octanol–water partition coefficient (Wildman–Crippen LogP) is 3.52. The molecule has 1 N–H and O–H groups in total. The predicted molar refractivity (Wildman–Crippen MR) is 68.4 cm³/mol. The van der Waals surface area contributed by atoms with E-state index in [2.05, 4.69) is 17.2 Å². The number of halogens is 1. The maximum atomic E-state index is 13.6. The van der Waals surface area contributed by atoms with Gasteiger partial charge < -0.3 is 5.32 Å². The van der Waals surface area contributed by atoms with Gasteiger partial charge in [0, 0.05) is 29.2 Å². The van der Waals surface area contributed by atoms with E-state index in [0.717, 1.165) is 18.5 Å². The molecule has 1 unspecified atom stereocenters. The van der Waals surface area contributed by atoms with Crippen LogP contribution in [0.1, 0.15) is 29.8 Å². The minimum atomic E-state index is -0.142. The molecule has 90 valence electrons. The minimum Gasteiger partial charge on any atom is -0.305 e. The molecular weight excluding hydrogens is 235 g/mol. The van der Waals surface area contributed by atoms with Gasteiger partial charge in [-0.25, -0.2) is 4.39 Å². The summed E-state index contributed by atoms with van der Waals surface area (Å²) < 4.78 is 13.6.